The summed E-state index contributed by atoms with van der Waals surface area (Å²) in [4.78, 5) is 0. The summed E-state index contributed by atoms with van der Waals surface area (Å²) in [6.45, 7) is 8.78. The van der Waals surface area contributed by atoms with Crippen LogP contribution in [-0.2, 0) is 18.6 Å². The Hall–Kier alpha value is -1.20. The maximum Gasteiger partial charge on any atom is 0.192 e. The molecule has 0 unspecified atom stereocenters. The first-order valence-electron chi connectivity index (χ1n) is 12.1. The van der Waals surface area contributed by atoms with Crippen molar-refractivity contribution in [2.45, 2.75) is 96.7 Å². The third kappa shape index (κ3) is 17.6. The van der Waals surface area contributed by atoms with Gasteiger partial charge in [-0.2, -0.15) is 0 Å². The summed E-state index contributed by atoms with van der Waals surface area (Å²) < 4.78 is 22.9. The minimum absolute atomic E-state index is 0.805. The summed E-state index contributed by atoms with van der Waals surface area (Å²) in [5.74, 6) is 0. The van der Waals surface area contributed by atoms with Crippen LogP contribution in [0.4, 0.5) is 0 Å². The van der Waals surface area contributed by atoms with E-state index < -0.39 is 8.32 Å². The fourth-order valence-corrected chi connectivity index (χ4v) is 7.32. The maximum absolute atomic E-state index is 6.25. The van der Waals surface area contributed by atoms with Gasteiger partial charge in [0.25, 0.3) is 0 Å². The molecule has 5 heteroatoms. The molecule has 0 fully saturated rings. The molecule has 30 heavy (non-hydrogen) atoms. The van der Waals surface area contributed by atoms with E-state index in [2.05, 4.69) is 39.0 Å². The number of hydrogen-bond acceptors (Lipinski definition) is 4. The van der Waals surface area contributed by atoms with Crippen molar-refractivity contribution in [1.29, 1.82) is 0 Å². The minimum atomic E-state index is -1.72. The molecule has 0 rings (SSSR count). The van der Waals surface area contributed by atoms with Gasteiger partial charge in [0.15, 0.2) is 8.32 Å². The quantitative estimate of drug-likeness (QED) is 0.0980. The predicted molar refractivity (Wildman–Crippen MR) is 131 cm³/mol. The Morgan fingerprint density at radius 1 is 0.533 bits per heavy atom. The molecule has 0 N–H and O–H groups in total. The highest BCUT2D eigenvalue weighted by atomic mass is 28.4. The summed E-state index contributed by atoms with van der Waals surface area (Å²) in [6, 6.07) is 3.66. The van der Waals surface area contributed by atoms with E-state index in [-0.39, 0.29) is 0 Å². The maximum atomic E-state index is 6.25. The van der Waals surface area contributed by atoms with Gasteiger partial charge in [-0.05, 0) is 56.7 Å². The predicted octanol–water partition coefficient (Wildman–Crippen LogP) is 7.74. The minimum Gasteiger partial charge on any atom is -0.502 e. The molecule has 0 heterocycles. The van der Waals surface area contributed by atoms with E-state index in [1.807, 2.05) is 25.9 Å². The van der Waals surface area contributed by atoms with Crippen LogP contribution in [0, 0.1) is 0 Å². The van der Waals surface area contributed by atoms with Crippen LogP contribution in [-0.4, -0.2) is 35.2 Å². The van der Waals surface area contributed by atoms with Crippen LogP contribution < -0.4 is 0 Å². The third-order valence-corrected chi connectivity index (χ3v) is 9.81. The van der Waals surface area contributed by atoms with Gasteiger partial charge in [0, 0.05) is 7.11 Å². The zero-order chi connectivity index (χ0) is 22.2. The summed E-state index contributed by atoms with van der Waals surface area (Å²) >= 11 is 0. The van der Waals surface area contributed by atoms with E-state index >= 15 is 0 Å². The van der Waals surface area contributed by atoms with E-state index in [0.717, 1.165) is 58.3 Å². The van der Waals surface area contributed by atoms with Crippen molar-refractivity contribution in [2.75, 3.05) is 26.9 Å². The van der Waals surface area contributed by atoms with Gasteiger partial charge in [-0.1, -0.05) is 58.3 Å². The SMILES string of the molecule is CCC=COCCCC[Si](CCCCOC=CCC)(CCCCOC=CCC)OC. The molecule has 0 saturated carbocycles. The van der Waals surface area contributed by atoms with Crippen molar-refractivity contribution in [2.24, 2.45) is 0 Å². The fraction of sp³-hybridized carbons (Fsp3) is 0.760. The Balaban J connectivity index is 4.37. The molecule has 0 radical (unpaired) electrons. The first kappa shape index (κ1) is 28.8. The lowest BCUT2D eigenvalue weighted by molar-refractivity contribution is 0.238. The van der Waals surface area contributed by atoms with E-state index in [0.29, 0.717) is 0 Å². The van der Waals surface area contributed by atoms with Crippen LogP contribution in [0.3, 0.4) is 0 Å². The molecule has 0 amide bonds. The average Bonchev–Trinajstić information content (AvgIpc) is 2.76. The van der Waals surface area contributed by atoms with Gasteiger partial charge in [0.1, 0.15) is 0 Å². The standard InChI is InChI=1S/C25H48O4Si/c1-5-8-17-27-20-11-14-23-30(26-4,24-15-12-21-28-18-9-6-2)25-16-13-22-29-19-10-7-3/h8-10,17-19H,5-7,11-16,20-25H2,1-4H3. The molecule has 0 saturated heterocycles. The Bertz CT molecular complexity index is 375. The summed E-state index contributed by atoms with van der Waals surface area (Å²) in [5.41, 5.74) is 0. The molecule has 0 aromatic heterocycles. The van der Waals surface area contributed by atoms with Crippen LogP contribution in [0.25, 0.3) is 0 Å². The monoisotopic (exact) mass is 440 g/mol. The van der Waals surface area contributed by atoms with Gasteiger partial charge in [-0.3, -0.25) is 0 Å². The molecular weight excluding hydrogens is 392 g/mol. The van der Waals surface area contributed by atoms with Crippen molar-refractivity contribution < 1.29 is 18.6 Å². The molecule has 176 valence electrons. The van der Waals surface area contributed by atoms with Crippen molar-refractivity contribution >= 4 is 8.32 Å². The highest BCUT2D eigenvalue weighted by Crippen LogP contribution is 2.29. The van der Waals surface area contributed by atoms with Gasteiger partial charge in [0.2, 0.25) is 0 Å². The number of hydrogen-bond donors (Lipinski definition) is 0. The topological polar surface area (TPSA) is 36.9 Å². The highest BCUT2D eigenvalue weighted by Gasteiger charge is 2.32. The smallest absolute Gasteiger partial charge is 0.192 e. The average molecular weight is 441 g/mol. The lowest BCUT2D eigenvalue weighted by Crippen LogP contribution is -2.37. The zero-order valence-electron chi connectivity index (χ0n) is 20.2. The molecule has 0 aliphatic heterocycles. The molecule has 4 nitrogen and oxygen atoms in total. The second-order valence-electron chi connectivity index (χ2n) is 7.71. The Morgan fingerprint density at radius 3 is 1.13 bits per heavy atom. The molecule has 0 aliphatic rings. The van der Waals surface area contributed by atoms with Gasteiger partial charge in [-0.15, -0.1) is 0 Å². The molecular formula is C25H48O4Si. The summed E-state index contributed by atoms with van der Waals surface area (Å²) in [6.07, 6.45) is 21.6. The first-order valence-corrected chi connectivity index (χ1v) is 14.6. The van der Waals surface area contributed by atoms with E-state index in [9.17, 15) is 0 Å². The van der Waals surface area contributed by atoms with Crippen LogP contribution in [0.1, 0.15) is 78.6 Å². The first-order chi connectivity index (χ1) is 14.7. The third-order valence-electron chi connectivity index (χ3n) is 5.15. The fourth-order valence-electron chi connectivity index (χ4n) is 3.28. The van der Waals surface area contributed by atoms with Crippen LogP contribution >= 0.6 is 0 Å². The normalized spacial score (nSPS) is 14.0. The molecule has 0 aliphatic carbocycles. The van der Waals surface area contributed by atoms with Gasteiger partial charge in [-0.25, -0.2) is 0 Å². The lowest BCUT2D eigenvalue weighted by Gasteiger charge is -2.30. The molecule has 0 aromatic carbocycles. The largest absolute Gasteiger partial charge is 0.502 e. The van der Waals surface area contributed by atoms with Gasteiger partial charge >= 0.3 is 0 Å². The number of allylic oxidation sites excluding steroid dienone is 3. The number of ether oxygens (including phenoxy) is 3. The van der Waals surface area contributed by atoms with Crippen molar-refractivity contribution in [3.8, 4) is 0 Å². The second kappa shape index (κ2) is 22.5. The van der Waals surface area contributed by atoms with E-state index in [1.165, 1.54) is 37.4 Å². The highest BCUT2D eigenvalue weighted by molar-refractivity contribution is 6.73. The van der Waals surface area contributed by atoms with E-state index in [1.54, 1.807) is 0 Å². The summed E-state index contributed by atoms with van der Waals surface area (Å²) in [7, 11) is 0.222. The van der Waals surface area contributed by atoms with Crippen LogP contribution in [0.5, 0.6) is 0 Å². The van der Waals surface area contributed by atoms with Gasteiger partial charge < -0.3 is 18.6 Å². The van der Waals surface area contributed by atoms with Gasteiger partial charge in [0.05, 0.1) is 38.6 Å². The van der Waals surface area contributed by atoms with Crippen molar-refractivity contribution in [3.63, 3.8) is 0 Å². The Morgan fingerprint density at radius 2 is 0.867 bits per heavy atom. The second-order valence-corrected chi connectivity index (χ2v) is 12.0. The molecule has 0 spiro atoms. The Kier molecular flexibility index (Phi) is 21.6. The zero-order valence-corrected chi connectivity index (χ0v) is 21.2. The van der Waals surface area contributed by atoms with Crippen molar-refractivity contribution in [3.05, 3.63) is 37.0 Å². The Labute approximate surface area is 187 Å². The van der Waals surface area contributed by atoms with Crippen LogP contribution in [0.2, 0.25) is 18.1 Å². The van der Waals surface area contributed by atoms with Crippen molar-refractivity contribution in [1.82, 2.24) is 0 Å². The molecule has 0 aromatic rings. The number of rotatable bonds is 22. The summed E-state index contributed by atoms with van der Waals surface area (Å²) in [5, 5.41) is 0. The lowest BCUT2D eigenvalue weighted by atomic mass is 10.3. The molecule has 0 atom stereocenters. The van der Waals surface area contributed by atoms with E-state index in [4.69, 9.17) is 18.6 Å². The van der Waals surface area contributed by atoms with Crippen LogP contribution in [0.15, 0.2) is 37.0 Å². The molecule has 0 bridgehead atoms. The number of unbranched alkanes of at least 4 members (excludes halogenated alkanes) is 3.